The molecular weight excluding hydrogens is 456 g/mol. The monoisotopic (exact) mass is 510 g/mol. The molecule has 2 rings (SSSR count). The molecule has 0 bridgehead atoms. The largest absolute Gasteiger partial charge is 0.0985 e. The number of hydrogen-bond acceptors (Lipinski definition) is 0. The maximum Gasteiger partial charge on any atom is -0.0122 e. The first kappa shape index (κ1) is 31.6. The van der Waals surface area contributed by atoms with E-state index in [1.165, 1.54) is 75.8 Å². The Labute approximate surface area is 235 Å². The smallest absolute Gasteiger partial charge is 0.0122 e. The summed E-state index contributed by atoms with van der Waals surface area (Å²) in [7, 11) is 0. The lowest BCUT2D eigenvalue weighted by Crippen LogP contribution is -2.24. The van der Waals surface area contributed by atoms with Crippen molar-refractivity contribution in [1.29, 1.82) is 0 Å². The van der Waals surface area contributed by atoms with Gasteiger partial charge in [-0.25, -0.2) is 0 Å². The van der Waals surface area contributed by atoms with Crippen molar-refractivity contribution in [3.8, 4) is 0 Å². The zero-order chi connectivity index (χ0) is 28.5. The summed E-state index contributed by atoms with van der Waals surface area (Å²) in [6.07, 6.45) is 16.9. The molecule has 0 radical (unpaired) electrons. The van der Waals surface area contributed by atoms with Crippen LogP contribution in [-0.2, 0) is 0 Å². The molecule has 0 amide bonds. The van der Waals surface area contributed by atoms with Crippen LogP contribution in [0, 0.1) is 11.3 Å². The van der Waals surface area contributed by atoms with Crippen LogP contribution in [0.15, 0.2) is 102 Å². The van der Waals surface area contributed by atoms with E-state index in [0.29, 0.717) is 17.3 Å². The third-order valence-corrected chi connectivity index (χ3v) is 8.42. The van der Waals surface area contributed by atoms with E-state index in [1.54, 1.807) is 0 Å². The Kier molecular flexibility index (Phi) is 12.1. The van der Waals surface area contributed by atoms with E-state index < -0.39 is 0 Å². The molecule has 0 N–H and O–H groups in total. The Morgan fingerprint density at radius 1 is 1.11 bits per heavy atom. The summed E-state index contributed by atoms with van der Waals surface area (Å²) in [5.74, 6) is 1.19. The zero-order valence-electron chi connectivity index (χ0n) is 25.8. The molecule has 2 atom stereocenters. The van der Waals surface area contributed by atoms with Crippen LogP contribution >= 0.6 is 0 Å². The van der Waals surface area contributed by atoms with Gasteiger partial charge in [0.05, 0.1) is 0 Å². The third kappa shape index (κ3) is 9.00. The van der Waals surface area contributed by atoms with Crippen LogP contribution in [0.5, 0.6) is 0 Å². The van der Waals surface area contributed by atoms with E-state index in [4.69, 9.17) is 0 Å². The Morgan fingerprint density at radius 3 is 2.29 bits per heavy atom. The van der Waals surface area contributed by atoms with Gasteiger partial charge in [-0.3, -0.25) is 0 Å². The lowest BCUT2D eigenvalue weighted by Gasteiger charge is -2.36. The van der Waals surface area contributed by atoms with E-state index in [9.17, 15) is 0 Å². The lowest BCUT2D eigenvalue weighted by atomic mass is 9.69. The van der Waals surface area contributed by atoms with Crippen molar-refractivity contribution in [2.45, 2.75) is 106 Å². The Balaban J connectivity index is 2.28. The Hall–Kier alpha value is -2.60. The van der Waals surface area contributed by atoms with Gasteiger partial charge in [-0.2, -0.15) is 0 Å². The first-order chi connectivity index (χ1) is 17.9. The molecule has 1 unspecified atom stereocenters. The van der Waals surface area contributed by atoms with Crippen molar-refractivity contribution >= 4 is 5.57 Å². The second kappa shape index (κ2) is 14.5. The normalized spacial score (nSPS) is 18.9. The molecular formula is C38H54. The molecule has 1 aromatic rings. The van der Waals surface area contributed by atoms with Crippen molar-refractivity contribution in [2.75, 3.05) is 0 Å². The molecule has 0 aliphatic heterocycles. The van der Waals surface area contributed by atoms with Crippen molar-refractivity contribution in [3.05, 3.63) is 113 Å². The molecule has 1 aromatic carbocycles. The summed E-state index contributed by atoms with van der Waals surface area (Å²) in [5.41, 5.74) is 12.1. The molecule has 0 aromatic heterocycles. The molecule has 1 saturated carbocycles. The van der Waals surface area contributed by atoms with Crippen LogP contribution in [0.4, 0.5) is 0 Å². The summed E-state index contributed by atoms with van der Waals surface area (Å²) < 4.78 is 0. The minimum Gasteiger partial charge on any atom is -0.0985 e. The van der Waals surface area contributed by atoms with Gasteiger partial charge in [-0.05, 0) is 110 Å². The fourth-order valence-corrected chi connectivity index (χ4v) is 5.42. The molecule has 0 heteroatoms. The van der Waals surface area contributed by atoms with Crippen molar-refractivity contribution in [2.24, 2.45) is 11.3 Å². The number of hydrogen-bond donors (Lipinski definition) is 0. The quantitative estimate of drug-likeness (QED) is 0.260. The fraction of sp³-hybridized carbons (Fsp3) is 0.474. The van der Waals surface area contributed by atoms with Crippen molar-refractivity contribution < 1.29 is 0 Å². The maximum absolute atomic E-state index is 4.57. The first-order valence-corrected chi connectivity index (χ1v) is 14.7. The summed E-state index contributed by atoms with van der Waals surface area (Å²) in [6, 6.07) is 9.10. The lowest BCUT2D eigenvalue weighted by molar-refractivity contribution is 0.215. The van der Waals surface area contributed by atoms with Gasteiger partial charge in [0.25, 0.3) is 0 Å². The summed E-state index contributed by atoms with van der Waals surface area (Å²) in [4.78, 5) is 0. The van der Waals surface area contributed by atoms with Crippen LogP contribution in [0.3, 0.4) is 0 Å². The average Bonchev–Trinajstić information content (AvgIpc) is 2.87. The predicted octanol–water partition coefficient (Wildman–Crippen LogP) is 12.1. The zero-order valence-corrected chi connectivity index (χ0v) is 25.8. The van der Waals surface area contributed by atoms with Crippen LogP contribution in [0.25, 0.3) is 5.57 Å². The molecule has 1 aliphatic carbocycles. The third-order valence-electron chi connectivity index (χ3n) is 8.42. The average molecular weight is 511 g/mol. The highest BCUT2D eigenvalue weighted by Crippen LogP contribution is 2.42. The molecule has 1 aliphatic rings. The van der Waals surface area contributed by atoms with Crippen molar-refractivity contribution in [3.63, 3.8) is 0 Å². The molecule has 0 saturated heterocycles. The van der Waals surface area contributed by atoms with Gasteiger partial charge in [-0.1, -0.05) is 126 Å². The number of benzene rings is 1. The van der Waals surface area contributed by atoms with Gasteiger partial charge >= 0.3 is 0 Å². The SMILES string of the molecule is C=C/C(=C\C)c1ccc([C@@H](CCCC)CC(=C)/C(C)=C/C(/C=C2/CC(C(C)(C)C)CCC2=C)=C(C)C)cc1. The molecule has 206 valence electrons. The van der Waals surface area contributed by atoms with Gasteiger partial charge in [0.1, 0.15) is 0 Å². The summed E-state index contributed by atoms with van der Waals surface area (Å²) in [5, 5.41) is 0. The standard InChI is InChI=1S/C38H54/c1-12-15-16-34(33-20-18-32(19-21-33)31(13-2)14-3)23-29(7)30(8)24-35(27(4)5)25-36-26-37(38(9,10)11)22-17-28(36)6/h13-14,18-21,24-25,34,37H,2,6-7,12,15-17,22-23,26H2,1,3-5,8-11H3/b30-24+,31-14+,36-25-/t34-,37?/m0/s1. The van der Waals surface area contributed by atoms with E-state index in [2.05, 4.69) is 118 Å². The summed E-state index contributed by atoms with van der Waals surface area (Å²) >= 11 is 0. The fourth-order valence-electron chi connectivity index (χ4n) is 5.42. The molecule has 1 fully saturated rings. The van der Waals surface area contributed by atoms with E-state index in [-0.39, 0.29) is 0 Å². The Morgan fingerprint density at radius 2 is 1.76 bits per heavy atom. The summed E-state index contributed by atoms with van der Waals surface area (Å²) in [6.45, 7) is 31.1. The minimum atomic E-state index is 0.330. The number of unbranched alkanes of at least 4 members (excludes halogenated alkanes) is 1. The van der Waals surface area contributed by atoms with Crippen LogP contribution < -0.4 is 0 Å². The molecule has 0 spiro atoms. The molecule has 0 nitrogen and oxygen atoms in total. The number of allylic oxidation sites excluding steroid dienone is 11. The van der Waals surface area contributed by atoms with E-state index >= 15 is 0 Å². The highest BCUT2D eigenvalue weighted by atomic mass is 14.3. The van der Waals surface area contributed by atoms with E-state index in [0.717, 1.165) is 19.3 Å². The van der Waals surface area contributed by atoms with Crippen molar-refractivity contribution in [1.82, 2.24) is 0 Å². The van der Waals surface area contributed by atoms with Crippen LogP contribution in [0.1, 0.15) is 117 Å². The molecule has 38 heavy (non-hydrogen) atoms. The van der Waals surface area contributed by atoms with Crippen LogP contribution in [-0.4, -0.2) is 0 Å². The minimum absolute atomic E-state index is 0.330. The highest BCUT2D eigenvalue weighted by Gasteiger charge is 2.29. The van der Waals surface area contributed by atoms with Gasteiger partial charge < -0.3 is 0 Å². The van der Waals surface area contributed by atoms with Gasteiger partial charge in [0.2, 0.25) is 0 Å². The van der Waals surface area contributed by atoms with Gasteiger partial charge in [0.15, 0.2) is 0 Å². The predicted molar refractivity (Wildman–Crippen MR) is 172 cm³/mol. The van der Waals surface area contributed by atoms with Gasteiger partial charge in [-0.15, -0.1) is 0 Å². The number of rotatable bonds is 11. The second-order valence-electron chi connectivity index (χ2n) is 12.6. The Bertz CT molecular complexity index is 1100. The maximum atomic E-state index is 4.57. The van der Waals surface area contributed by atoms with E-state index in [1.807, 2.05) is 6.08 Å². The van der Waals surface area contributed by atoms with Crippen LogP contribution in [0.2, 0.25) is 0 Å². The second-order valence-corrected chi connectivity index (χ2v) is 12.6. The topological polar surface area (TPSA) is 0 Å². The molecule has 0 heterocycles. The van der Waals surface area contributed by atoms with Gasteiger partial charge in [0, 0.05) is 0 Å². The first-order valence-electron chi connectivity index (χ1n) is 14.7. The highest BCUT2D eigenvalue weighted by molar-refractivity contribution is 5.73.